The molecule has 0 spiro atoms. The van der Waals surface area contributed by atoms with Crippen LogP contribution >= 0.6 is 0 Å². The van der Waals surface area contributed by atoms with Gasteiger partial charge in [-0.15, -0.1) is 0 Å². The van der Waals surface area contributed by atoms with E-state index in [0.717, 1.165) is 18.3 Å². The molecule has 0 aromatic carbocycles. The summed E-state index contributed by atoms with van der Waals surface area (Å²) in [6.45, 7) is 19.4. The Kier molecular flexibility index (Phi) is 5.01. The molecule has 5 aliphatic carbocycles. The Bertz CT molecular complexity index is 765. The van der Waals surface area contributed by atoms with Gasteiger partial charge in [0, 0.05) is 0 Å². The van der Waals surface area contributed by atoms with Gasteiger partial charge in [0.2, 0.25) is 0 Å². The van der Waals surface area contributed by atoms with Crippen LogP contribution in [0.1, 0.15) is 120 Å². The van der Waals surface area contributed by atoms with Crippen LogP contribution < -0.4 is 0 Å². The van der Waals surface area contributed by atoms with Crippen LogP contribution in [0.5, 0.6) is 0 Å². The Labute approximate surface area is 198 Å². The molecule has 32 heavy (non-hydrogen) atoms. The molecular formula is C30H52O2. The number of aliphatic hydroxyl groups is 2. The van der Waals surface area contributed by atoms with E-state index in [1.54, 1.807) is 0 Å². The van der Waals surface area contributed by atoms with Gasteiger partial charge < -0.3 is 10.2 Å². The number of hydrogen-bond donors (Lipinski definition) is 2. The summed E-state index contributed by atoms with van der Waals surface area (Å²) in [6.07, 6.45) is 12.5. The van der Waals surface area contributed by atoms with E-state index < -0.39 is 5.60 Å². The standard InChI is InChI=1S/C30H52O2/c1-25(2)14-9-15-28(6)23-11-10-22-27(5)16-12-19(26(3,4)32)20(27)13-17-29(22,7)30(23,8)18-21(31)24(25)28/h19-24,31-32H,9-18H2,1-8H3/t19-,20-,21+,22+,23+,24-,27-,28+,29+,30+/m0/s1. The van der Waals surface area contributed by atoms with Crippen LogP contribution in [0.4, 0.5) is 0 Å². The maximum absolute atomic E-state index is 11.8. The molecule has 0 amide bonds. The highest BCUT2D eigenvalue weighted by molar-refractivity contribution is 5.20. The average molecular weight is 445 g/mol. The molecule has 10 atom stereocenters. The van der Waals surface area contributed by atoms with Crippen LogP contribution in [0.3, 0.4) is 0 Å². The fourth-order valence-electron chi connectivity index (χ4n) is 12.3. The second-order valence-electron chi connectivity index (χ2n) is 15.6. The molecule has 5 aliphatic rings. The van der Waals surface area contributed by atoms with Crippen LogP contribution in [-0.2, 0) is 0 Å². The van der Waals surface area contributed by atoms with Gasteiger partial charge in [-0.25, -0.2) is 0 Å². The van der Waals surface area contributed by atoms with Crippen LogP contribution in [0.2, 0.25) is 0 Å². The average Bonchev–Trinajstić information content (AvgIpc) is 2.98. The number of fused-ring (bicyclic) bond motifs is 7. The molecule has 0 aromatic rings. The van der Waals surface area contributed by atoms with Crippen molar-refractivity contribution in [3.8, 4) is 0 Å². The SMILES string of the molecule is CC(C)(O)[C@H]1CC[C@]2(C)[C@H]3CC[C@@H]4[C@@]5(C)CCCC(C)(C)[C@@H]5[C@H](O)C[C@@]4(C)[C@]3(C)CC[C@@H]12. The third-order valence-electron chi connectivity index (χ3n) is 13.5. The zero-order valence-corrected chi connectivity index (χ0v) is 22.4. The quantitative estimate of drug-likeness (QED) is 0.448. The van der Waals surface area contributed by atoms with Gasteiger partial charge in [0.1, 0.15) is 0 Å². The van der Waals surface area contributed by atoms with Crippen LogP contribution in [0, 0.1) is 56.7 Å². The summed E-state index contributed by atoms with van der Waals surface area (Å²) in [5.41, 5.74) is 0.819. The van der Waals surface area contributed by atoms with Gasteiger partial charge in [0.05, 0.1) is 11.7 Å². The lowest BCUT2D eigenvalue weighted by Gasteiger charge is -2.73. The fourth-order valence-corrected chi connectivity index (χ4v) is 12.3. The maximum atomic E-state index is 11.8. The molecule has 0 radical (unpaired) electrons. The predicted octanol–water partition coefficient (Wildman–Crippen LogP) is 7.22. The third kappa shape index (κ3) is 2.78. The first-order valence-corrected chi connectivity index (χ1v) is 14.0. The Hall–Kier alpha value is -0.0800. The van der Waals surface area contributed by atoms with Gasteiger partial charge in [-0.2, -0.15) is 0 Å². The number of rotatable bonds is 1. The molecule has 5 saturated carbocycles. The van der Waals surface area contributed by atoms with E-state index in [-0.39, 0.29) is 22.3 Å². The summed E-state index contributed by atoms with van der Waals surface area (Å²) in [7, 11) is 0. The van der Waals surface area contributed by atoms with E-state index in [0.29, 0.717) is 28.6 Å². The van der Waals surface area contributed by atoms with Gasteiger partial charge in [-0.1, -0.05) is 48.0 Å². The highest BCUT2D eigenvalue weighted by Gasteiger charge is 2.72. The molecule has 0 saturated heterocycles. The first-order chi connectivity index (χ1) is 14.6. The van der Waals surface area contributed by atoms with Gasteiger partial charge >= 0.3 is 0 Å². The number of hydrogen-bond acceptors (Lipinski definition) is 2. The predicted molar refractivity (Wildman–Crippen MR) is 132 cm³/mol. The minimum atomic E-state index is -0.563. The molecule has 2 heteroatoms. The normalized spacial score (nSPS) is 57.2. The van der Waals surface area contributed by atoms with Gasteiger partial charge in [-0.05, 0) is 128 Å². The topological polar surface area (TPSA) is 40.5 Å². The first-order valence-electron chi connectivity index (χ1n) is 14.0. The van der Waals surface area contributed by atoms with E-state index in [4.69, 9.17) is 0 Å². The van der Waals surface area contributed by atoms with Gasteiger partial charge in [-0.3, -0.25) is 0 Å². The van der Waals surface area contributed by atoms with Crippen molar-refractivity contribution in [2.45, 2.75) is 131 Å². The fraction of sp³-hybridized carbons (Fsp3) is 1.00. The molecule has 184 valence electrons. The summed E-state index contributed by atoms with van der Waals surface area (Å²) in [5, 5.41) is 22.8. The second-order valence-corrected chi connectivity index (χ2v) is 15.6. The van der Waals surface area contributed by atoms with Crippen molar-refractivity contribution in [2.24, 2.45) is 56.7 Å². The van der Waals surface area contributed by atoms with Crippen molar-refractivity contribution < 1.29 is 10.2 Å². The highest BCUT2D eigenvalue weighted by Crippen LogP contribution is 2.78. The van der Waals surface area contributed by atoms with Gasteiger partial charge in [0.25, 0.3) is 0 Å². The summed E-state index contributed by atoms with van der Waals surface area (Å²) in [5.74, 6) is 3.01. The van der Waals surface area contributed by atoms with Crippen molar-refractivity contribution in [2.75, 3.05) is 0 Å². The monoisotopic (exact) mass is 444 g/mol. The van der Waals surface area contributed by atoms with Crippen molar-refractivity contribution in [1.82, 2.24) is 0 Å². The van der Waals surface area contributed by atoms with Crippen LogP contribution in [-0.4, -0.2) is 21.9 Å². The summed E-state index contributed by atoms with van der Waals surface area (Å²) in [6, 6.07) is 0. The minimum absolute atomic E-state index is 0.162. The van der Waals surface area contributed by atoms with E-state index in [1.165, 1.54) is 57.8 Å². The maximum Gasteiger partial charge on any atom is 0.0622 e. The highest BCUT2D eigenvalue weighted by atomic mass is 16.3. The minimum Gasteiger partial charge on any atom is -0.393 e. The summed E-state index contributed by atoms with van der Waals surface area (Å²) < 4.78 is 0. The van der Waals surface area contributed by atoms with E-state index in [2.05, 4.69) is 55.4 Å². The molecule has 0 aliphatic heterocycles. The van der Waals surface area contributed by atoms with Crippen molar-refractivity contribution in [3.63, 3.8) is 0 Å². The Morgan fingerprint density at radius 3 is 1.97 bits per heavy atom. The Morgan fingerprint density at radius 2 is 1.34 bits per heavy atom. The second kappa shape index (κ2) is 6.77. The molecule has 5 fully saturated rings. The molecule has 2 nitrogen and oxygen atoms in total. The zero-order valence-electron chi connectivity index (χ0n) is 22.4. The molecule has 0 unspecified atom stereocenters. The largest absolute Gasteiger partial charge is 0.393 e. The van der Waals surface area contributed by atoms with Crippen molar-refractivity contribution in [1.29, 1.82) is 0 Å². The Morgan fingerprint density at radius 1 is 0.719 bits per heavy atom. The van der Waals surface area contributed by atoms with Crippen LogP contribution in [0.25, 0.3) is 0 Å². The molecule has 2 N–H and O–H groups in total. The Balaban J connectivity index is 1.54. The lowest BCUT2D eigenvalue weighted by Crippen LogP contribution is -2.68. The van der Waals surface area contributed by atoms with Crippen molar-refractivity contribution >= 4 is 0 Å². The third-order valence-corrected chi connectivity index (χ3v) is 13.5. The smallest absolute Gasteiger partial charge is 0.0622 e. The molecule has 0 heterocycles. The molecule has 0 bridgehead atoms. The molecular weight excluding hydrogens is 392 g/mol. The van der Waals surface area contributed by atoms with Crippen LogP contribution in [0.15, 0.2) is 0 Å². The van der Waals surface area contributed by atoms with E-state index >= 15 is 0 Å². The number of aliphatic hydroxyl groups excluding tert-OH is 1. The molecule has 5 rings (SSSR count). The summed E-state index contributed by atoms with van der Waals surface area (Å²) in [4.78, 5) is 0. The lowest BCUT2D eigenvalue weighted by atomic mass is 9.31. The zero-order chi connectivity index (χ0) is 23.5. The first kappa shape index (κ1) is 23.7. The lowest BCUT2D eigenvalue weighted by molar-refractivity contribution is -0.268. The van der Waals surface area contributed by atoms with Gasteiger partial charge in [0.15, 0.2) is 0 Å². The summed E-state index contributed by atoms with van der Waals surface area (Å²) >= 11 is 0. The van der Waals surface area contributed by atoms with E-state index in [1.807, 2.05) is 0 Å². The van der Waals surface area contributed by atoms with E-state index in [9.17, 15) is 10.2 Å². The van der Waals surface area contributed by atoms with Crippen molar-refractivity contribution in [3.05, 3.63) is 0 Å². The molecule has 0 aromatic heterocycles.